The maximum Gasteiger partial charge on any atom is 0.234 e. The summed E-state index contributed by atoms with van der Waals surface area (Å²) in [4.78, 5) is 21.3. The molecular formula is C17H14FN3O2. The largest absolute Gasteiger partial charge is 0.508 e. The van der Waals surface area contributed by atoms with Gasteiger partial charge in [-0.2, -0.15) is 0 Å². The van der Waals surface area contributed by atoms with Crippen molar-refractivity contribution in [3.8, 4) is 5.75 Å². The number of ketones is 1. The van der Waals surface area contributed by atoms with Crippen molar-refractivity contribution in [2.24, 2.45) is 5.92 Å². The highest BCUT2D eigenvalue weighted by Crippen LogP contribution is 2.33. The average molecular weight is 311 g/mol. The predicted molar refractivity (Wildman–Crippen MR) is 80.9 cm³/mol. The molecule has 6 heteroatoms. The Labute approximate surface area is 131 Å². The summed E-state index contributed by atoms with van der Waals surface area (Å²) in [6.45, 7) is 0. The molecule has 2 heterocycles. The first-order chi connectivity index (χ1) is 11.1. The van der Waals surface area contributed by atoms with Crippen molar-refractivity contribution in [1.82, 2.24) is 14.4 Å². The minimum atomic E-state index is -0.521. The Bertz CT molecular complexity index is 898. The minimum absolute atomic E-state index is 0.0885. The summed E-state index contributed by atoms with van der Waals surface area (Å²) in [6.07, 6.45) is 5.28. The van der Waals surface area contributed by atoms with E-state index in [1.165, 1.54) is 22.7 Å². The topological polar surface area (TPSA) is 67.5 Å². The third-order valence-electron chi connectivity index (χ3n) is 4.04. The van der Waals surface area contributed by atoms with Gasteiger partial charge in [-0.25, -0.2) is 14.4 Å². The molecule has 1 fully saturated rings. The smallest absolute Gasteiger partial charge is 0.234 e. The fraction of sp³-hybridized carbons (Fsp3) is 0.235. The Balaban J connectivity index is 1.86. The number of rotatable bonds is 4. The van der Waals surface area contributed by atoms with Crippen molar-refractivity contribution in [3.05, 3.63) is 59.4 Å². The van der Waals surface area contributed by atoms with E-state index < -0.39 is 5.82 Å². The zero-order valence-electron chi connectivity index (χ0n) is 12.2. The summed E-state index contributed by atoms with van der Waals surface area (Å²) < 4.78 is 15.0. The van der Waals surface area contributed by atoms with Gasteiger partial charge in [0.25, 0.3) is 0 Å². The SMILES string of the molecule is O=C(c1ccc(O)cc1)c1c(CC2CC2)nc2ncc(F)cn12. The third-order valence-corrected chi connectivity index (χ3v) is 4.04. The van der Waals surface area contributed by atoms with Crippen LogP contribution in [0.25, 0.3) is 5.78 Å². The lowest BCUT2D eigenvalue weighted by Crippen LogP contribution is -2.09. The van der Waals surface area contributed by atoms with Gasteiger partial charge in [0.1, 0.15) is 11.4 Å². The Morgan fingerprint density at radius 3 is 2.74 bits per heavy atom. The van der Waals surface area contributed by atoms with Gasteiger partial charge in [-0.3, -0.25) is 9.20 Å². The Kier molecular flexibility index (Phi) is 3.11. The van der Waals surface area contributed by atoms with Gasteiger partial charge in [-0.1, -0.05) is 0 Å². The molecule has 1 aromatic carbocycles. The number of benzene rings is 1. The molecule has 0 amide bonds. The summed E-state index contributed by atoms with van der Waals surface area (Å²) in [5.41, 5.74) is 1.43. The number of imidazole rings is 1. The molecule has 1 aliphatic carbocycles. The van der Waals surface area contributed by atoms with Crippen LogP contribution in [0.5, 0.6) is 5.75 Å². The molecule has 0 aliphatic heterocycles. The van der Waals surface area contributed by atoms with E-state index in [-0.39, 0.29) is 11.5 Å². The molecule has 1 N–H and O–H groups in total. The summed E-state index contributed by atoms with van der Waals surface area (Å²) in [6, 6.07) is 6.00. The van der Waals surface area contributed by atoms with E-state index >= 15 is 0 Å². The summed E-state index contributed by atoms with van der Waals surface area (Å²) in [7, 11) is 0. The molecule has 0 spiro atoms. The highest BCUT2D eigenvalue weighted by atomic mass is 19.1. The van der Waals surface area contributed by atoms with Crippen LogP contribution in [0.2, 0.25) is 0 Å². The minimum Gasteiger partial charge on any atom is -0.508 e. The van der Waals surface area contributed by atoms with E-state index in [2.05, 4.69) is 9.97 Å². The number of nitrogens with zero attached hydrogens (tertiary/aromatic N) is 3. The van der Waals surface area contributed by atoms with Crippen LogP contribution in [0, 0.1) is 11.7 Å². The molecule has 23 heavy (non-hydrogen) atoms. The molecule has 1 aliphatic rings. The van der Waals surface area contributed by atoms with Gasteiger partial charge in [-0.05, 0) is 49.4 Å². The van der Waals surface area contributed by atoms with Crippen LogP contribution in [-0.2, 0) is 6.42 Å². The number of carbonyl (C=O) groups is 1. The molecule has 0 atom stereocenters. The first-order valence-electron chi connectivity index (χ1n) is 7.48. The highest BCUT2D eigenvalue weighted by Gasteiger charge is 2.28. The average Bonchev–Trinajstić information content (AvgIpc) is 3.27. The number of fused-ring (bicyclic) bond motifs is 1. The van der Waals surface area contributed by atoms with Crippen molar-refractivity contribution < 1.29 is 14.3 Å². The van der Waals surface area contributed by atoms with Gasteiger partial charge >= 0.3 is 0 Å². The number of aromatic hydroxyl groups is 1. The van der Waals surface area contributed by atoms with Crippen LogP contribution in [0.4, 0.5) is 4.39 Å². The van der Waals surface area contributed by atoms with Crippen LogP contribution >= 0.6 is 0 Å². The zero-order valence-corrected chi connectivity index (χ0v) is 12.2. The molecule has 4 rings (SSSR count). The van der Waals surface area contributed by atoms with Crippen LogP contribution in [-0.4, -0.2) is 25.3 Å². The van der Waals surface area contributed by atoms with Gasteiger partial charge in [-0.15, -0.1) is 0 Å². The van der Waals surface area contributed by atoms with Gasteiger partial charge in [0, 0.05) is 5.56 Å². The second-order valence-electron chi connectivity index (χ2n) is 5.87. The van der Waals surface area contributed by atoms with Gasteiger partial charge in [0.2, 0.25) is 11.6 Å². The quantitative estimate of drug-likeness (QED) is 0.752. The highest BCUT2D eigenvalue weighted by molar-refractivity contribution is 6.09. The maximum absolute atomic E-state index is 13.6. The lowest BCUT2D eigenvalue weighted by Gasteiger charge is -2.04. The Hall–Kier alpha value is -2.76. The number of hydrogen-bond acceptors (Lipinski definition) is 4. The Morgan fingerprint density at radius 1 is 1.30 bits per heavy atom. The molecule has 0 saturated heterocycles. The number of aromatic nitrogens is 3. The van der Waals surface area contributed by atoms with E-state index in [4.69, 9.17) is 0 Å². The third kappa shape index (κ3) is 2.56. The molecule has 116 valence electrons. The lowest BCUT2D eigenvalue weighted by atomic mass is 10.0. The number of carbonyl (C=O) groups excluding carboxylic acids is 1. The van der Waals surface area contributed by atoms with E-state index in [9.17, 15) is 14.3 Å². The van der Waals surface area contributed by atoms with E-state index in [0.717, 1.165) is 19.0 Å². The predicted octanol–water partition coefficient (Wildman–Crippen LogP) is 2.76. The van der Waals surface area contributed by atoms with Crippen LogP contribution in [0.3, 0.4) is 0 Å². The molecule has 0 bridgehead atoms. The second kappa shape index (κ2) is 5.15. The molecule has 1 saturated carbocycles. The number of phenolic OH excluding ortho intramolecular Hbond substituents is 1. The van der Waals surface area contributed by atoms with E-state index in [1.54, 1.807) is 12.1 Å². The van der Waals surface area contributed by atoms with Crippen molar-refractivity contribution in [3.63, 3.8) is 0 Å². The standard InChI is InChI=1S/C17H14FN3O2/c18-12-8-19-17-20-14(7-10-1-2-10)15(21(17)9-12)16(23)11-3-5-13(22)6-4-11/h3-6,8-10,22H,1-2,7H2. The van der Waals surface area contributed by atoms with Gasteiger partial charge in [0.15, 0.2) is 5.82 Å². The lowest BCUT2D eigenvalue weighted by molar-refractivity contribution is 0.103. The Morgan fingerprint density at radius 2 is 2.04 bits per heavy atom. The molecule has 2 aromatic heterocycles. The van der Waals surface area contributed by atoms with Crippen molar-refractivity contribution in [2.75, 3.05) is 0 Å². The maximum atomic E-state index is 13.6. The van der Waals surface area contributed by atoms with Crippen molar-refractivity contribution in [1.29, 1.82) is 0 Å². The van der Waals surface area contributed by atoms with Crippen LogP contribution < -0.4 is 0 Å². The van der Waals surface area contributed by atoms with Crippen LogP contribution in [0.1, 0.15) is 34.6 Å². The number of halogens is 1. The van der Waals surface area contributed by atoms with Gasteiger partial charge in [0.05, 0.1) is 18.1 Å². The first kappa shape index (κ1) is 13.9. The molecule has 0 unspecified atom stereocenters. The number of phenols is 1. The second-order valence-corrected chi connectivity index (χ2v) is 5.87. The summed E-state index contributed by atoms with van der Waals surface area (Å²) in [5, 5.41) is 9.37. The molecule has 3 aromatic rings. The molecular weight excluding hydrogens is 297 g/mol. The van der Waals surface area contributed by atoms with E-state index in [0.29, 0.717) is 35.1 Å². The molecule has 5 nitrogen and oxygen atoms in total. The number of hydrogen-bond donors (Lipinski definition) is 1. The van der Waals surface area contributed by atoms with Crippen molar-refractivity contribution >= 4 is 11.6 Å². The van der Waals surface area contributed by atoms with Gasteiger partial charge < -0.3 is 5.11 Å². The van der Waals surface area contributed by atoms with Crippen molar-refractivity contribution in [2.45, 2.75) is 19.3 Å². The summed E-state index contributed by atoms with van der Waals surface area (Å²) >= 11 is 0. The molecule has 0 radical (unpaired) electrons. The fourth-order valence-electron chi connectivity index (χ4n) is 2.68. The monoisotopic (exact) mass is 311 g/mol. The first-order valence-corrected chi connectivity index (χ1v) is 7.48. The fourth-order valence-corrected chi connectivity index (χ4v) is 2.68. The summed E-state index contributed by atoms with van der Waals surface area (Å²) in [5.74, 6) is 0.180. The van der Waals surface area contributed by atoms with Crippen LogP contribution in [0.15, 0.2) is 36.7 Å². The normalized spacial score (nSPS) is 14.3. The van der Waals surface area contributed by atoms with E-state index in [1.807, 2.05) is 0 Å². The zero-order chi connectivity index (χ0) is 16.0.